The van der Waals surface area contributed by atoms with Gasteiger partial charge in [0.1, 0.15) is 11.5 Å². The highest BCUT2D eigenvalue weighted by molar-refractivity contribution is 5.79. The molecule has 6 nitrogen and oxygen atoms in total. The molecule has 0 spiro atoms. The molecule has 1 aromatic carbocycles. The van der Waals surface area contributed by atoms with E-state index in [0.717, 1.165) is 49.5 Å². The number of piperidine rings is 1. The van der Waals surface area contributed by atoms with Crippen molar-refractivity contribution in [1.82, 2.24) is 9.80 Å². The normalized spacial score (nSPS) is 23.9. The fourth-order valence-electron chi connectivity index (χ4n) is 4.45. The lowest BCUT2D eigenvalue weighted by Gasteiger charge is -2.32. The zero-order valence-electron chi connectivity index (χ0n) is 16.4. The van der Waals surface area contributed by atoms with Gasteiger partial charge < -0.3 is 19.8 Å². The molecule has 0 saturated carbocycles. The fourth-order valence-corrected chi connectivity index (χ4v) is 4.45. The highest BCUT2D eigenvalue weighted by Gasteiger charge is 2.37. The molecule has 2 aliphatic heterocycles. The van der Waals surface area contributed by atoms with E-state index < -0.39 is 0 Å². The van der Waals surface area contributed by atoms with E-state index in [0.29, 0.717) is 13.1 Å². The zero-order valence-corrected chi connectivity index (χ0v) is 16.4. The van der Waals surface area contributed by atoms with Crippen LogP contribution in [0.4, 0.5) is 0 Å². The molecule has 2 saturated heterocycles. The summed E-state index contributed by atoms with van der Waals surface area (Å²) in [7, 11) is 1.67. The molecule has 0 bridgehead atoms. The van der Waals surface area contributed by atoms with Crippen LogP contribution in [-0.4, -0.2) is 55.0 Å². The van der Waals surface area contributed by atoms with E-state index >= 15 is 0 Å². The lowest BCUT2D eigenvalue weighted by Crippen LogP contribution is -2.42. The minimum atomic E-state index is -0.0323. The summed E-state index contributed by atoms with van der Waals surface area (Å²) in [6.45, 7) is 4.00. The molecule has 2 fully saturated rings. The average molecular weight is 383 g/mol. The van der Waals surface area contributed by atoms with Crippen molar-refractivity contribution in [2.45, 2.75) is 31.3 Å². The van der Waals surface area contributed by atoms with E-state index in [1.807, 2.05) is 35.2 Å². The number of furan rings is 1. The molecule has 3 heterocycles. The Morgan fingerprint density at radius 2 is 2.04 bits per heavy atom. The van der Waals surface area contributed by atoms with E-state index in [4.69, 9.17) is 14.9 Å². The molecule has 28 heavy (non-hydrogen) atoms. The Hall–Kier alpha value is -2.31. The first-order valence-electron chi connectivity index (χ1n) is 10.1. The Morgan fingerprint density at radius 1 is 1.21 bits per heavy atom. The number of benzene rings is 1. The summed E-state index contributed by atoms with van der Waals surface area (Å²) in [6, 6.07) is 11.9. The highest BCUT2D eigenvalue weighted by atomic mass is 16.5. The molecular weight excluding hydrogens is 354 g/mol. The van der Waals surface area contributed by atoms with Crippen LogP contribution >= 0.6 is 0 Å². The lowest BCUT2D eigenvalue weighted by molar-refractivity contribution is -0.136. The summed E-state index contributed by atoms with van der Waals surface area (Å²) in [6.07, 6.45) is 3.51. The minimum Gasteiger partial charge on any atom is -0.497 e. The zero-order chi connectivity index (χ0) is 19.5. The molecule has 0 aliphatic carbocycles. The van der Waals surface area contributed by atoms with Crippen molar-refractivity contribution < 1.29 is 13.9 Å². The number of amides is 1. The van der Waals surface area contributed by atoms with Crippen molar-refractivity contribution in [3.05, 3.63) is 54.0 Å². The summed E-state index contributed by atoms with van der Waals surface area (Å²) in [5, 5.41) is 0. The number of likely N-dealkylation sites (tertiary alicyclic amines) is 2. The third-order valence-corrected chi connectivity index (χ3v) is 6.10. The first-order valence-corrected chi connectivity index (χ1v) is 10.1. The molecule has 2 aliphatic rings. The average Bonchev–Trinajstić information content (AvgIpc) is 3.37. The molecule has 2 N–H and O–H groups in total. The largest absolute Gasteiger partial charge is 0.497 e. The van der Waals surface area contributed by atoms with Crippen molar-refractivity contribution in [3.8, 4) is 5.75 Å². The van der Waals surface area contributed by atoms with Gasteiger partial charge in [0.2, 0.25) is 5.91 Å². The monoisotopic (exact) mass is 383 g/mol. The summed E-state index contributed by atoms with van der Waals surface area (Å²) in [5.41, 5.74) is 7.55. The fraction of sp³-hybridized carbons (Fsp3) is 0.500. The van der Waals surface area contributed by atoms with Gasteiger partial charge in [0, 0.05) is 31.0 Å². The number of rotatable bonds is 5. The third kappa shape index (κ3) is 4.08. The number of carbonyl (C=O) groups is 1. The van der Waals surface area contributed by atoms with E-state index in [9.17, 15) is 4.79 Å². The Morgan fingerprint density at radius 3 is 2.75 bits per heavy atom. The minimum absolute atomic E-state index is 0.0323. The van der Waals surface area contributed by atoms with Crippen molar-refractivity contribution in [3.63, 3.8) is 0 Å². The molecule has 1 aromatic heterocycles. The molecule has 4 rings (SSSR count). The number of carbonyl (C=O) groups excluding carboxylic acids is 1. The summed E-state index contributed by atoms with van der Waals surface area (Å²) >= 11 is 0. The molecule has 0 unspecified atom stereocenters. The van der Waals surface area contributed by atoms with Crippen molar-refractivity contribution in [1.29, 1.82) is 0 Å². The number of nitrogens with zero attached hydrogens (tertiary/aromatic N) is 2. The second-order valence-electron chi connectivity index (χ2n) is 7.92. The molecule has 1 amide bonds. The molecule has 6 heteroatoms. The highest BCUT2D eigenvalue weighted by Crippen LogP contribution is 2.31. The number of nitrogens with two attached hydrogens (primary N) is 1. The first kappa shape index (κ1) is 19.0. The standard InChI is InChI=1S/C22H29N3O3/c1-27-18-5-2-4-17(12-18)20-14-25(15-21(20)23)22(26)16-7-9-24(10-8-16)13-19-6-3-11-28-19/h2-6,11-12,16,20-21H,7-10,13-15,23H2,1H3/t20-,21+/m1/s1. The summed E-state index contributed by atoms with van der Waals surface area (Å²) < 4.78 is 10.8. The van der Waals surface area contributed by atoms with Crippen LogP contribution in [0.2, 0.25) is 0 Å². The maximum atomic E-state index is 13.1. The van der Waals surface area contributed by atoms with Gasteiger partial charge in [-0.15, -0.1) is 0 Å². The predicted molar refractivity (Wildman–Crippen MR) is 107 cm³/mol. The van der Waals surface area contributed by atoms with E-state index in [2.05, 4.69) is 11.0 Å². The van der Waals surface area contributed by atoms with Crippen molar-refractivity contribution in [2.75, 3.05) is 33.3 Å². The van der Waals surface area contributed by atoms with Crippen LogP contribution in [0, 0.1) is 5.92 Å². The maximum absolute atomic E-state index is 13.1. The molecule has 0 radical (unpaired) electrons. The van der Waals surface area contributed by atoms with E-state index in [1.54, 1.807) is 13.4 Å². The molecular formula is C22H29N3O3. The van der Waals surface area contributed by atoms with Gasteiger partial charge in [-0.3, -0.25) is 9.69 Å². The summed E-state index contributed by atoms with van der Waals surface area (Å²) in [4.78, 5) is 17.4. The second kappa shape index (κ2) is 8.37. The van der Waals surface area contributed by atoms with Crippen LogP contribution in [0.15, 0.2) is 47.1 Å². The maximum Gasteiger partial charge on any atom is 0.225 e. The van der Waals surface area contributed by atoms with Gasteiger partial charge in [0.15, 0.2) is 0 Å². The second-order valence-corrected chi connectivity index (χ2v) is 7.92. The van der Waals surface area contributed by atoms with Gasteiger partial charge in [0.25, 0.3) is 0 Å². The van der Waals surface area contributed by atoms with Crippen LogP contribution in [0.25, 0.3) is 0 Å². The Kier molecular flexibility index (Phi) is 5.69. The summed E-state index contributed by atoms with van der Waals surface area (Å²) in [5.74, 6) is 2.34. The van der Waals surface area contributed by atoms with Gasteiger partial charge in [-0.05, 0) is 55.8 Å². The quantitative estimate of drug-likeness (QED) is 0.859. The molecule has 150 valence electrons. The van der Waals surface area contributed by atoms with E-state index in [1.165, 1.54) is 0 Å². The van der Waals surface area contributed by atoms with Gasteiger partial charge in [0.05, 0.1) is 19.9 Å². The predicted octanol–water partition coefficient (Wildman–Crippen LogP) is 2.45. The smallest absolute Gasteiger partial charge is 0.225 e. The SMILES string of the molecule is COc1cccc([C@H]2CN(C(=O)C3CCN(Cc4ccco4)CC3)C[C@@H]2N)c1. The van der Waals surface area contributed by atoms with Crippen molar-refractivity contribution in [2.24, 2.45) is 11.7 Å². The van der Waals surface area contributed by atoms with Crippen LogP contribution in [0.5, 0.6) is 5.75 Å². The lowest BCUT2D eigenvalue weighted by atomic mass is 9.94. The van der Waals surface area contributed by atoms with Gasteiger partial charge in [-0.1, -0.05) is 12.1 Å². The van der Waals surface area contributed by atoms with Crippen LogP contribution in [-0.2, 0) is 11.3 Å². The number of methoxy groups -OCH3 is 1. The number of hydrogen-bond donors (Lipinski definition) is 1. The molecule has 2 aromatic rings. The van der Waals surface area contributed by atoms with Gasteiger partial charge in [-0.25, -0.2) is 0 Å². The van der Waals surface area contributed by atoms with Gasteiger partial charge in [-0.2, -0.15) is 0 Å². The Labute approximate surface area is 166 Å². The Bertz CT molecular complexity index is 784. The van der Waals surface area contributed by atoms with Crippen LogP contribution in [0.1, 0.15) is 30.1 Å². The van der Waals surface area contributed by atoms with Crippen LogP contribution in [0.3, 0.4) is 0 Å². The van der Waals surface area contributed by atoms with Crippen molar-refractivity contribution >= 4 is 5.91 Å². The van der Waals surface area contributed by atoms with E-state index in [-0.39, 0.29) is 23.8 Å². The third-order valence-electron chi connectivity index (χ3n) is 6.10. The number of ether oxygens (including phenoxy) is 1. The topological polar surface area (TPSA) is 71.9 Å². The first-order chi connectivity index (χ1) is 13.6. The van der Waals surface area contributed by atoms with Gasteiger partial charge >= 0.3 is 0 Å². The Balaban J connectivity index is 1.33. The number of hydrogen-bond acceptors (Lipinski definition) is 5. The molecule has 2 atom stereocenters. The van der Waals surface area contributed by atoms with Crippen LogP contribution < -0.4 is 10.5 Å².